The maximum absolute atomic E-state index is 13.7. The van der Waals surface area contributed by atoms with Gasteiger partial charge < -0.3 is 4.42 Å². The first-order valence-electron chi connectivity index (χ1n) is 10.5. The first-order chi connectivity index (χ1) is 16.7. The minimum atomic E-state index is -4.61. The number of halogens is 4. The zero-order valence-corrected chi connectivity index (χ0v) is 19.4. The van der Waals surface area contributed by atoms with E-state index in [4.69, 9.17) is 4.42 Å². The first-order valence-corrected chi connectivity index (χ1v) is 11.2. The van der Waals surface area contributed by atoms with Gasteiger partial charge in [-0.1, -0.05) is 12.1 Å². The van der Waals surface area contributed by atoms with Crippen molar-refractivity contribution in [3.8, 4) is 16.9 Å². The summed E-state index contributed by atoms with van der Waals surface area (Å²) >= 11 is 3.27. The molecule has 35 heavy (non-hydrogen) atoms. The van der Waals surface area contributed by atoms with Crippen LogP contribution in [0.15, 0.2) is 69.8 Å². The number of carbonyl (C=O) groups excluding carboxylic acids is 2. The largest absolute Gasteiger partial charge is 0.469 e. The van der Waals surface area contributed by atoms with Crippen molar-refractivity contribution in [1.29, 1.82) is 0 Å². The predicted octanol–water partition coefficient (Wildman–Crippen LogP) is 5.09. The lowest BCUT2D eigenvalue weighted by molar-refractivity contribution is -0.142. The number of carbonyl (C=O) groups is 2. The van der Waals surface area contributed by atoms with E-state index in [1.54, 1.807) is 30.3 Å². The molecule has 0 spiro atoms. The minimum absolute atomic E-state index is 0.114. The van der Waals surface area contributed by atoms with E-state index in [1.165, 1.54) is 35.2 Å². The van der Waals surface area contributed by atoms with Gasteiger partial charge in [-0.05, 0) is 64.8 Å². The van der Waals surface area contributed by atoms with Gasteiger partial charge in [0.2, 0.25) is 0 Å². The van der Waals surface area contributed by atoms with Gasteiger partial charge in [0.15, 0.2) is 5.69 Å². The summed E-state index contributed by atoms with van der Waals surface area (Å²) in [5.74, 6) is -0.502. The van der Waals surface area contributed by atoms with Crippen LogP contribution >= 0.6 is 15.9 Å². The molecule has 1 aliphatic rings. The zero-order valence-electron chi connectivity index (χ0n) is 17.8. The number of aryl methyl sites for hydroxylation is 1. The molecule has 0 aliphatic heterocycles. The highest BCUT2D eigenvalue weighted by Crippen LogP contribution is 2.42. The van der Waals surface area contributed by atoms with Gasteiger partial charge in [0, 0.05) is 27.6 Å². The molecule has 2 N–H and O–H groups in total. The van der Waals surface area contributed by atoms with Crippen LogP contribution in [0, 0.1) is 0 Å². The van der Waals surface area contributed by atoms with E-state index in [0.717, 1.165) is 0 Å². The van der Waals surface area contributed by atoms with Gasteiger partial charge in [0.05, 0.1) is 23.2 Å². The molecule has 178 valence electrons. The van der Waals surface area contributed by atoms with Crippen LogP contribution in [0.5, 0.6) is 0 Å². The second kappa shape index (κ2) is 8.73. The Morgan fingerprint density at radius 1 is 0.971 bits per heavy atom. The van der Waals surface area contributed by atoms with Gasteiger partial charge in [-0.25, -0.2) is 4.68 Å². The van der Waals surface area contributed by atoms with E-state index < -0.39 is 23.7 Å². The summed E-state index contributed by atoms with van der Waals surface area (Å²) in [6.07, 6.45) is -2.65. The van der Waals surface area contributed by atoms with Crippen molar-refractivity contribution in [1.82, 2.24) is 20.6 Å². The molecule has 0 bridgehead atoms. The number of aromatic nitrogens is 2. The number of amides is 2. The SMILES string of the molecule is O=C(NNC(=O)c1ccccc1Br)c1ccc(-n2nc(C(F)(F)F)c3c2-c2ccoc2CC3)cc1. The number of furan rings is 1. The number of rotatable bonds is 3. The van der Waals surface area contributed by atoms with Crippen molar-refractivity contribution >= 4 is 27.7 Å². The number of fused-ring (bicyclic) bond motifs is 3. The molecule has 7 nitrogen and oxygen atoms in total. The molecule has 2 heterocycles. The van der Waals surface area contributed by atoms with Crippen molar-refractivity contribution in [3.05, 3.63) is 93.5 Å². The molecule has 0 fully saturated rings. The Kier molecular flexibility index (Phi) is 5.72. The van der Waals surface area contributed by atoms with Crippen molar-refractivity contribution in [3.63, 3.8) is 0 Å². The van der Waals surface area contributed by atoms with Crippen LogP contribution in [0.1, 0.15) is 37.7 Å². The second-order valence-corrected chi connectivity index (χ2v) is 8.63. The Balaban J connectivity index is 1.40. The number of alkyl halides is 3. The van der Waals surface area contributed by atoms with E-state index in [0.29, 0.717) is 39.2 Å². The summed E-state index contributed by atoms with van der Waals surface area (Å²) < 4.78 is 48.3. The van der Waals surface area contributed by atoms with E-state index in [-0.39, 0.29) is 17.5 Å². The molecule has 1 aliphatic carbocycles. The fourth-order valence-corrected chi connectivity index (χ4v) is 4.48. The van der Waals surface area contributed by atoms with Crippen molar-refractivity contribution in [2.45, 2.75) is 19.0 Å². The molecular formula is C24H16BrF3N4O3. The van der Waals surface area contributed by atoms with Crippen molar-refractivity contribution in [2.24, 2.45) is 0 Å². The average Bonchev–Trinajstić information content (AvgIpc) is 3.47. The van der Waals surface area contributed by atoms with Gasteiger partial charge in [-0.2, -0.15) is 18.3 Å². The number of hydrogen-bond acceptors (Lipinski definition) is 4. The molecule has 0 saturated carbocycles. The molecule has 4 aromatic rings. The summed E-state index contributed by atoms with van der Waals surface area (Å²) in [7, 11) is 0. The highest BCUT2D eigenvalue weighted by molar-refractivity contribution is 9.10. The number of nitrogens with one attached hydrogen (secondary N) is 2. The molecule has 0 saturated heterocycles. The third kappa shape index (κ3) is 4.23. The van der Waals surface area contributed by atoms with Gasteiger partial charge in [-0.15, -0.1) is 0 Å². The zero-order chi connectivity index (χ0) is 24.7. The van der Waals surface area contributed by atoms with Gasteiger partial charge in [0.1, 0.15) is 5.76 Å². The molecule has 2 amide bonds. The normalized spacial score (nSPS) is 12.6. The fourth-order valence-electron chi connectivity index (χ4n) is 4.01. The number of nitrogens with zero attached hydrogens (tertiary/aromatic N) is 2. The quantitative estimate of drug-likeness (QED) is 0.352. The lowest BCUT2D eigenvalue weighted by Gasteiger charge is -2.15. The highest BCUT2D eigenvalue weighted by atomic mass is 79.9. The Morgan fingerprint density at radius 3 is 2.40 bits per heavy atom. The maximum Gasteiger partial charge on any atom is 0.435 e. The molecule has 11 heteroatoms. The fraction of sp³-hybridized carbons (Fsp3) is 0.125. The molecule has 2 aromatic carbocycles. The van der Waals surface area contributed by atoms with Crippen LogP contribution in [-0.2, 0) is 19.0 Å². The maximum atomic E-state index is 13.7. The Bertz CT molecular complexity index is 1440. The minimum Gasteiger partial charge on any atom is -0.469 e. The first kappa shape index (κ1) is 22.9. The lowest BCUT2D eigenvalue weighted by atomic mass is 9.94. The Labute approximate surface area is 205 Å². The van der Waals surface area contributed by atoms with Crippen molar-refractivity contribution < 1.29 is 27.2 Å². The van der Waals surface area contributed by atoms with Crippen molar-refractivity contribution in [2.75, 3.05) is 0 Å². The van der Waals surface area contributed by atoms with Crippen LogP contribution in [0.4, 0.5) is 13.2 Å². The van der Waals surface area contributed by atoms with Crippen LogP contribution in [0.3, 0.4) is 0 Å². The third-order valence-corrected chi connectivity index (χ3v) is 6.33. The second-order valence-electron chi connectivity index (χ2n) is 7.78. The summed E-state index contributed by atoms with van der Waals surface area (Å²) in [5.41, 5.74) is 5.60. The van der Waals surface area contributed by atoms with E-state index >= 15 is 0 Å². The average molecular weight is 545 g/mol. The molecule has 0 atom stereocenters. The lowest BCUT2D eigenvalue weighted by Crippen LogP contribution is -2.41. The molecule has 2 aromatic heterocycles. The standard InChI is InChI=1S/C24H16BrF3N4O3/c25-18-4-2-1-3-15(18)23(34)30-29-22(33)13-5-7-14(8-6-13)32-20-16-11-12-35-19(16)10-9-17(20)21(31-32)24(26,27)28/h1-8,11-12H,9-10H2,(H,29,33)(H,30,34). The summed E-state index contributed by atoms with van der Waals surface area (Å²) in [5, 5.41) is 3.88. The van der Waals surface area contributed by atoms with Gasteiger partial charge in [-0.3, -0.25) is 20.4 Å². The van der Waals surface area contributed by atoms with Gasteiger partial charge in [0.25, 0.3) is 11.8 Å². The monoisotopic (exact) mass is 544 g/mol. The number of hydrazine groups is 1. The summed E-state index contributed by atoms with van der Waals surface area (Å²) in [6.45, 7) is 0. The van der Waals surface area contributed by atoms with Crippen LogP contribution in [-0.4, -0.2) is 21.6 Å². The summed E-state index contributed by atoms with van der Waals surface area (Å²) in [4.78, 5) is 24.8. The Hall–Kier alpha value is -3.86. The van der Waals surface area contributed by atoms with Crippen LogP contribution in [0.25, 0.3) is 16.9 Å². The Morgan fingerprint density at radius 2 is 1.69 bits per heavy atom. The number of benzene rings is 2. The molecule has 5 rings (SSSR count). The molecular weight excluding hydrogens is 529 g/mol. The van der Waals surface area contributed by atoms with E-state index in [2.05, 4.69) is 31.9 Å². The van der Waals surface area contributed by atoms with E-state index in [9.17, 15) is 22.8 Å². The van der Waals surface area contributed by atoms with Crippen LogP contribution < -0.4 is 10.9 Å². The predicted molar refractivity (Wildman–Crippen MR) is 123 cm³/mol. The highest BCUT2D eigenvalue weighted by Gasteiger charge is 2.41. The molecule has 0 unspecified atom stereocenters. The topological polar surface area (TPSA) is 89.2 Å². The molecule has 0 radical (unpaired) electrons. The number of hydrogen-bond donors (Lipinski definition) is 2. The summed E-state index contributed by atoms with van der Waals surface area (Å²) in [6, 6.07) is 14.2. The smallest absolute Gasteiger partial charge is 0.435 e. The van der Waals surface area contributed by atoms with Crippen LogP contribution in [0.2, 0.25) is 0 Å². The van der Waals surface area contributed by atoms with Gasteiger partial charge >= 0.3 is 6.18 Å². The van der Waals surface area contributed by atoms with E-state index in [1.807, 2.05) is 0 Å². The third-order valence-electron chi connectivity index (χ3n) is 5.64.